The quantitative estimate of drug-likeness (QED) is 0.643. The van der Waals surface area contributed by atoms with Gasteiger partial charge in [0.2, 0.25) is 0 Å². The minimum absolute atomic E-state index is 0.247. The topological polar surface area (TPSA) is 76.6 Å². The average Bonchev–Trinajstić information content (AvgIpc) is 3.32. The van der Waals surface area contributed by atoms with Crippen LogP contribution >= 0.6 is 0 Å². The van der Waals surface area contributed by atoms with Gasteiger partial charge < -0.3 is 19.7 Å². The van der Waals surface area contributed by atoms with Crippen LogP contribution in [0.4, 0.5) is 11.6 Å². The summed E-state index contributed by atoms with van der Waals surface area (Å²) in [5, 5.41) is 2.93. The number of ether oxygens (including phenoxy) is 2. The van der Waals surface area contributed by atoms with Crippen LogP contribution in [-0.2, 0) is 16.1 Å². The summed E-state index contributed by atoms with van der Waals surface area (Å²) in [6, 6.07) is 15.3. The molecule has 0 saturated carbocycles. The van der Waals surface area contributed by atoms with Crippen LogP contribution in [0.1, 0.15) is 25.3 Å². The molecule has 0 spiro atoms. The normalized spacial score (nSPS) is 14.7. The highest BCUT2D eigenvalue weighted by Gasteiger charge is 2.22. The largest absolute Gasteiger partial charge is 0.497 e. The number of hydrogen-bond donors (Lipinski definition) is 1. The van der Waals surface area contributed by atoms with Crippen molar-refractivity contribution in [2.24, 2.45) is 0 Å². The van der Waals surface area contributed by atoms with Crippen molar-refractivity contribution >= 4 is 28.6 Å². The Morgan fingerprint density at radius 2 is 1.83 bits per heavy atom. The van der Waals surface area contributed by atoms with Gasteiger partial charge in [-0.15, -0.1) is 0 Å². The number of nitrogens with zero attached hydrogens (tertiary/aromatic N) is 3. The maximum Gasteiger partial charge on any atom is 0.254 e. The zero-order valence-electron chi connectivity index (χ0n) is 17.3. The summed E-state index contributed by atoms with van der Waals surface area (Å²) in [6.45, 7) is 3.88. The third-order valence-corrected chi connectivity index (χ3v) is 5.20. The SMILES string of the molecule is COc1cccc(COC(C)C(=O)Nc2nc3ccccc3nc2N2CCCC2)c1. The van der Waals surface area contributed by atoms with Crippen LogP contribution in [0.2, 0.25) is 0 Å². The molecule has 1 aliphatic rings. The van der Waals surface area contributed by atoms with E-state index in [4.69, 9.17) is 14.5 Å². The van der Waals surface area contributed by atoms with E-state index in [0.29, 0.717) is 12.4 Å². The molecular weight excluding hydrogens is 380 g/mol. The first-order valence-electron chi connectivity index (χ1n) is 10.2. The number of methoxy groups -OCH3 is 1. The monoisotopic (exact) mass is 406 g/mol. The maximum absolute atomic E-state index is 12.8. The number of nitrogens with one attached hydrogen (secondary N) is 1. The van der Waals surface area contributed by atoms with Gasteiger partial charge in [0, 0.05) is 13.1 Å². The molecule has 1 N–H and O–H groups in total. The second kappa shape index (κ2) is 9.09. The van der Waals surface area contributed by atoms with Crippen LogP contribution < -0.4 is 15.0 Å². The fourth-order valence-corrected chi connectivity index (χ4v) is 3.50. The van der Waals surface area contributed by atoms with Gasteiger partial charge in [0.25, 0.3) is 5.91 Å². The van der Waals surface area contributed by atoms with E-state index in [1.54, 1.807) is 14.0 Å². The molecule has 0 aliphatic carbocycles. The molecule has 1 unspecified atom stereocenters. The number of hydrogen-bond acceptors (Lipinski definition) is 6. The van der Waals surface area contributed by atoms with Crippen molar-refractivity contribution in [3.63, 3.8) is 0 Å². The summed E-state index contributed by atoms with van der Waals surface area (Å²) in [4.78, 5) is 24.4. The third kappa shape index (κ3) is 4.52. The molecule has 4 rings (SSSR count). The molecule has 2 heterocycles. The van der Waals surface area contributed by atoms with Crippen molar-refractivity contribution in [2.45, 2.75) is 32.5 Å². The smallest absolute Gasteiger partial charge is 0.254 e. The number of fused-ring (bicyclic) bond motifs is 1. The number of benzene rings is 2. The lowest BCUT2D eigenvalue weighted by Crippen LogP contribution is -2.30. The lowest BCUT2D eigenvalue weighted by molar-refractivity contribution is -0.127. The standard InChI is InChI=1S/C23H26N4O3/c1-16(30-15-17-8-7-9-18(14-17)29-2)23(28)26-21-22(27-12-5-6-13-27)25-20-11-4-3-10-19(20)24-21/h3-4,7-11,14,16H,5-6,12-13,15H2,1-2H3,(H,24,26,28). The van der Waals surface area contributed by atoms with Crippen molar-refractivity contribution in [3.05, 3.63) is 54.1 Å². The maximum atomic E-state index is 12.8. The van der Waals surface area contributed by atoms with Crippen LogP contribution in [0.5, 0.6) is 5.75 Å². The van der Waals surface area contributed by atoms with E-state index in [2.05, 4.69) is 15.2 Å². The molecular formula is C23H26N4O3. The van der Waals surface area contributed by atoms with Gasteiger partial charge in [-0.25, -0.2) is 9.97 Å². The summed E-state index contributed by atoms with van der Waals surface area (Å²) in [6.07, 6.45) is 1.58. The molecule has 3 aromatic rings. The number of carbonyl (C=O) groups is 1. The lowest BCUT2D eigenvalue weighted by Gasteiger charge is -2.21. The molecule has 156 valence electrons. The minimum atomic E-state index is -0.643. The summed E-state index contributed by atoms with van der Waals surface area (Å²) >= 11 is 0. The van der Waals surface area contributed by atoms with E-state index in [-0.39, 0.29) is 5.91 Å². The number of carbonyl (C=O) groups excluding carboxylic acids is 1. The van der Waals surface area contributed by atoms with E-state index >= 15 is 0 Å². The van der Waals surface area contributed by atoms with Crippen molar-refractivity contribution in [1.82, 2.24) is 9.97 Å². The van der Waals surface area contributed by atoms with Gasteiger partial charge in [-0.2, -0.15) is 0 Å². The number of anilines is 2. The van der Waals surface area contributed by atoms with Gasteiger partial charge in [0.1, 0.15) is 11.9 Å². The average molecular weight is 406 g/mol. The molecule has 30 heavy (non-hydrogen) atoms. The zero-order chi connectivity index (χ0) is 20.9. The molecule has 2 aromatic carbocycles. The Morgan fingerprint density at radius 1 is 1.10 bits per heavy atom. The predicted molar refractivity (Wildman–Crippen MR) is 117 cm³/mol. The fraction of sp³-hybridized carbons (Fsp3) is 0.348. The Morgan fingerprint density at radius 3 is 2.57 bits per heavy atom. The summed E-state index contributed by atoms with van der Waals surface area (Å²) < 4.78 is 11.0. The van der Waals surface area contributed by atoms with E-state index < -0.39 is 6.10 Å². The third-order valence-electron chi connectivity index (χ3n) is 5.20. The number of aromatic nitrogens is 2. The first kappa shape index (κ1) is 20.1. The molecule has 7 heteroatoms. The summed E-state index contributed by atoms with van der Waals surface area (Å²) in [5.41, 5.74) is 2.51. The van der Waals surface area contributed by atoms with Crippen molar-refractivity contribution in [1.29, 1.82) is 0 Å². The molecule has 7 nitrogen and oxygen atoms in total. The highest BCUT2D eigenvalue weighted by molar-refractivity contribution is 5.96. The summed E-state index contributed by atoms with van der Waals surface area (Å²) in [7, 11) is 1.62. The molecule has 1 saturated heterocycles. The Balaban J connectivity index is 1.49. The highest BCUT2D eigenvalue weighted by atomic mass is 16.5. The number of amides is 1. The highest BCUT2D eigenvalue weighted by Crippen LogP contribution is 2.28. The van der Waals surface area contributed by atoms with Crippen LogP contribution in [0.25, 0.3) is 11.0 Å². The van der Waals surface area contributed by atoms with E-state index in [1.807, 2.05) is 48.5 Å². The molecule has 1 atom stereocenters. The number of rotatable bonds is 7. The van der Waals surface area contributed by atoms with E-state index in [1.165, 1.54) is 0 Å². The van der Waals surface area contributed by atoms with Crippen molar-refractivity contribution < 1.29 is 14.3 Å². The Hall–Kier alpha value is -3.19. The molecule has 1 aromatic heterocycles. The second-order valence-corrected chi connectivity index (χ2v) is 7.37. The predicted octanol–water partition coefficient (Wildman–Crippen LogP) is 3.78. The first-order valence-corrected chi connectivity index (χ1v) is 10.2. The molecule has 1 fully saturated rings. The Labute approximate surface area is 176 Å². The first-order chi connectivity index (χ1) is 14.6. The van der Waals surface area contributed by atoms with Crippen LogP contribution in [0.3, 0.4) is 0 Å². The number of para-hydroxylation sites is 2. The van der Waals surface area contributed by atoms with E-state index in [0.717, 1.165) is 54.1 Å². The fourth-order valence-electron chi connectivity index (χ4n) is 3.50. The van der Waals surface area contributed by atoms with Crippen LogP contribution in [-0.4, -0.2) is 42.2 Å². The van der Waals surface area contributed by atoms with Crippen LogP contribution in [0.15, 0.2) is 48.5 Å². The van der Waals surface area contributed by atoms with Gasteiger partial charge in [-0.1, -0.05) is 24.3 Å². The Kier molecular flexibility index (Phi) is 6.09. The van der Waals surface area contributed by atoms with E-state index in [9.17, 15) is 4.79 Å². The molecule has 1 aliphatic heterocycles. The summed E-state index contributed by atoms with van der Waals surface area (Å²) in [5.74, 6) is 1.72. The van der Waals surface area contributed by atoms with Crippen LogP contribution in [0, 0.1) is 0 Å². The van der Waals surface area contributed by atoms with Crippen molar-refractivity contribution in [2.75, 3.05) is 30.4 Å². The van der Waals surface area contributed by atoms with Gasteiger partial charge in [-0.05, 0) is 49.6 Å². The minimum Gasteiger partial charge on any atom is -0.497 e. The zero-order valence-corrected chi connectivity index (χ0v) is 17.3. The van der Waals surface area contributed by atoms with Gasteiger partial charge in [0.15, 0.2) is 11.6 Å². The second-order valence-electron chi connectivity index (χ2n) is 7.37. The van der Waals surface area contributed by atoms with Gasteiger partial charge in [0.05, 0.1) is 24.8 Å². The molecule has 0 bridgehead atoms. The van der Waals surface area contributed by atoms with Gasteiger partial charge >= 0.3 is 0 Å². The molecule has 1 amide bonds. The lowest BCUT2D eigenvalue weighted by atomic mass is 10.2. The van der Waals surface area contributed by atoms with Crippen molar-refractivity contribution in [3.8, 4) is 5.75 Å². The molecule has 0 radical (unpaired) electrons. The van der Waals surface area contributed by atoms with Gasteiger partial charge in [-0.3, -0.25) is 4.79 Å². The Bertz CT molecular complexity index is 1030.